The molecule has 1 aliphatic heterocycles. The number of hydrogen-bond donors (Lipinski definition) is 0. The monoisotopic (exact) mass is 379 g/mol. The Morgan fingerprint density at radius 1 is 1.04 bits per heavy atom. The van der Waals surface area contributed by atoms with Crippen LogP contribution in [-0.2, 0) is 0 Å². The number of hydrogen-bond acceptors (Lipinski definition) is 3. The summed E-state index contributed by atoms with van der Waals surface area (Å²) < 4.78 is 27.0. The zero-order chi connectivity index (χ0) is 19.5. The summed E-state index contributed by atoms with van der Waals surface area (Å²) in [7, 11) is 0. The highest BCUT2D eigenvalue weighted by molar-refractivity contribution is 5.94. The molecule has 1 aromatic heterocycles. The van der Waals surface area contributed by atoms with Crippen molar-refractivity contribution in [3.05, 3.63) is 83.7 Å². The molecule has 4 nitrogen and oxygen atoms in total. The Morgan fingerprint density at radius 2 is 1.79 bits per heavy atom. The van der Waals surface area contributed by atoms with Gasteiger partial charge in [0.15, 0.2) is 5.82 Å². The lowest BCUT2D eigenvalue weighted by Gasteiger charge is -2.32. The first-order chi connectivity index (χ1) is 13.6. The van der Waals surface area contributed by atoms with E-state index in [4.69, 9.17) is 4.98 Å². The van der Waals surface area contributed by atoms with Crippen LogP contribution in [0.2, 0.25) is 0 Å². The first kappa shape index (κ1) is 18.2. The maximum atomic E-state index is 13.5. The second-order valence-electron chi connectivity index (χ2n) is 6.92. The fourth-order valence-electron chi connectivity index (χ4n) is 3.59. The van der Waals surface area contributed by atoms with Crippen LogP contribution in [0.1, 0.15) is 34.8 Å². The fraction of sp³-hybridized carbons (Fsp3) is 0.227. The van der Waals surface area contributed by atoms with Crippen molar-refractivity contribution in [2.45, 2.75) is 18.8 Å². The molecule has 0 N–H and O–H groups in total. The molecule has 142 valence electrons. The third-order valence-corrected chi connectivity index (χ3v) is 4.95. The smallest absolute Gasteiger partial charge is 0.254 e. The van der Waals surface area contributed by atoms with E-state index < -0.39 is 11.6 Å². The van der Waals surface area contributed by atoms with Crippen LogP contribution in [0.15, 0.2) is 60.8 Å². The van der Waals surface area contributed by atoms with E-state index in [-0.39, 0.29) is 17.4 Å². The second kappa shape index (κ2) is 7.84. The van der Waals surface area contributed by atoms with Crippen LogP contribution in [0.5, 0.6) is 0 Å². The summed E-state index contributed by atoms with van der Waals surface area (Å²) in [5.74, 6) is -1.16. The van der Waals surface area contributed by atoms with Crippen molar-refractivity contribution in [3.8, 4) is 11.4 Å². The Kier molecular flexibility index (Phi) is 5.10. The van der Waals surface area contributed by atoms with E-state index in [1.54, 1.807) is 11.1 Å². The van der Waals surface area contributed by atoms with Gasteiger partial charge in [-0.3, -0.25) is 4.79 Å². The molecule has 1 saturated heterocycles. The highest BCUT2D eigenvalue weighted by atomic mass is 19.1. The zero-order valence-corrected chi connectivity index (χ0v) is 15.2. The molecular formula is C22H19F2N3O. The lowest BCUT2D eigenvalue weighted by molar-refractivity contribution is 0.0705. The predicted octanol–water partition coefficient (Wildman–Crippen LogP) is 4.44. The van der Waals surface area contributed by atoms with Gasteiger partial charge in [-0.05, 0) is 31.0 Å². The van der Waals surface area contributed by atoms with Crippen molar-refractivity contribution in [3.63, 3.8) is 0 Å². The Morgan fingerprint density at radius 3 is 2.54 bits per heavy atom. The van der Waals surface area contributed by atoms with Gasteiger partial charge in [-0.1, -0.05) is 30.3 Å². The van der Waals surface area contributed by atoms with Crippen LogP contribution in [0.3, 0.4) is 0 Å². The molecule has 1 fully saturated rings. The molecule has 0 radical (unpaired) electrons. The van der Waals surface area contributed by atoms with Gasteiger partial charge in [0, 0.05) is 48.1 Å². The molecule has 1 aliphatic rings. The summed E-state index contributed by atoms with van der Waals surface area (Å²) in [6.07, 6.45) is 3.43. The molecule has 3 aromatic rings. The number of carbonyl (C=O) groups excluding carboxylic acids is 1. The van der Waals surface area contributed by atoms with E-state index in [2.05, 4.69) is 4.98 Å². The average Bonchev–Trinajstić information content (AvgIpc) is 2.73. The van der Waals surface area contributed by atoms with Gasteiger partial charge in [-0.15, -0.1) is 0 Å². The van der Waals surface area contributed by atoms with E-state index in [9.17, 15) is 13.6 Å². The molecular weight excluding hydrogens is 360 g/mol. The number of nitrogens with zero attached hydrogens (tertiary/aromatic N) is 3. The van der Waals surface area contributed by atoms with Crippen LogP contribution in [0.25, 0.3) is 11.4 Å². The van der Waals surface area contributed by atoms with Crippen LogP contribution in [0, 0.1) is 11.6 Å². The quantitative estimate of drug-likeness (QED) is 0.676. The standard InChI is InChI=1S/C22H19F2N3O/c23-18-11-17(12-19(24)13-18)22(28)27-10-4-7-16(14-27)20-8-9-25-21(26-20)15-5-2-1-3-6-15/h1-3,5-6,8-9,11-13,16H,4,7,10,14H2/t16-/m1/s1. The van der Waals surface area contributed by atoms with E-state index in [1.165, 1.54) is 0 Å². The van der Waals surface area contributed by atoms with Gasteiger partial charge >= 0.3 is 0 Å². The van der Waals surface area contributed by atoms with Crippen LogP contribution in [0.4, 0.5) is 8.78 Å². The van der Waals surface area contributed by atoms with Crippen molar-refractivity contribution < 1.29 is 13.6 Å². The molecule has 1 amide bonds. The SMILES string of the molecule is O=C(c1cc(F)cc(F)c1)N1CCC[C@@H](c2ccnc(-c3ccccc3)n2)C1. The van der Waals surface area contributed by atoms with Gasteiger partial charge in [0.25, 0.3) is 5.91 Å². The highest BCUT2D eigenvalue weighted by Crippen LogP contribution is 2.28. The summed E-state index contributed by atoms with van der Waals surface area (Å²) in [4.78, 5) is 23.4. The van der Waals surface area contributed by atoms with E-state index in [1.807, 2.05) is 36.4 Å². The fourth-order valence-corrected chi connectivity index (χ4v) is 3.59. The summed E-state index contributed by atoms with van der Waals surface area (Å²) in [5.41, 5.74) is 1.84. The Hall–Kier alpha value is -3.15. The van der Waals surface area contributed by atoms with Crippen molar-refractivity contribution in [2.75, 3.05) is 13.1 Å². The minimum Gasteiger partial charge on any atom is -0.338 e. The van der Waals surface area contributed by atoms with Crippen LogP contribution in [-0.4, -0.2) is 33.9 Å². The maximum Gasteiger partial charge on any atom is 0.254 e. The van der Waals surface area contributed by atoms with Gasteiger partial charge < -0.3 is 4.90 Å². The molecule has 4 rings (SSSR count). The van der Waals surface area contributed by atoms with Gasteiger partial charge in [0.2, 0.25) is 0 Å². The predicted molar refractivity (Wildman–Crippen MR) is 102 cm³/mol. The molecule has 2 heterocycles. The van der Waals surface area contributed by atoms with Gasteiger partial charge in [0.05, 0.1) is 0 Å². The minimum absolute atomic E-state index is 0.0332. The topological polar surface area (TPSA) is 46.1 Å². The van der Waals surface area contributed by atoms with Crippen molar-refractivity contribution in [1.29, 1.82) is 0 Å². The summed E-state index contributed by atoms with van der Waals surface area (Å²) in [6.45, 7) is 1.02. The van der Waals surface area contributed by atoms with Crippen LogP contribution >= 0.6 is 0 Å². The normalized spacial score (nSPS) is 16.8. The molecule has 2 aromatic carbocycles. The van der Waals surface area contributed by atoms with Crippen molar-refractivity contribution in [1.82, 2.24) is 14.9 Å². The van der Waals surface area contributed by atoms with Crippen LogP contribution < -0.4 is 0 Å². The molecule has 0 saturated carbocycles. The summed E-state index contributed by atoms with van der Waals surface area (Å²) in [6, 6.07) is 14.5. The Balaban J connectivity index is 1.55. The molecule has 1 atom stereocenters. The lowest BCUT2D eigenvalue weighted by atomic mass is 9.94. The largest absolute Gasteiger partial charge is 0.338 e. The number of benzene rings is 2. The Bertz CT molecular complexity index is 974. The molecule has 28 heavy (non-hydrogen) atoms. The molecule has 6 heteroatoms. The third-order valence-electron chi connectivity index (χ3n) is 4.95. The number of halogens is 2. The van der Waals surface area contributed by atoms with Gasteiger partial charge in [-0.2, -0.15) is 0 Å². The highest BCUT2D eigenvalue weighted by Gasteiger charge is 2.27. The molecule has 0 aliphatic carbocycles. The first-order valence-corrected chi connectivity index (χ1v) is 9.24. The average molecular weight is 379 g/mol. The number of piperidine rings is 1. The number of aromatic nitrogens is 2. The van der Waals surface area contributed by atoms with E-state index in [0.29, 0.717) is 18.9 Å². The maximum absolute atomic E-state index is 13.5. The molecule has 0 unspecified atom stereocenters. The molecule has 0 spiro atoms. The summed E-state index contributed by atoms with van der Waals surface area (Å²) >= 11 is 0. The first-order valence-electron chi connectivity index (χ1n) is 9.24. The van der Waals surface area contributed by atoms with Crippen molar-refractivity contribution >= 4 is 5.91 Å². The van der Waals surface area contributed by atoms with E-state index in [0.717, 1.165) is 42.3 Å². The lowest BCUT2D eigenvalue weighted by Crippen LogP contribution is -2.39. The second-order valence-corrected chi connectivity index (χ2v) is 6.92. The van der Waals surface area contributed by atoms with E-state index >= 15 is 0 Å². The van der Waals surface area contributed by atoms with Gasteiger partial charge in [-0.25, -0.2) is 18.7 Å². The third kappa shape index (κ3) is 3.91. The van der Waals surface area contributed by atoms with Crippen molar-refractivity contribution in [2.24, 2.45) is 0 Å². The summed E-state index contributed by atoms with van der Waals surface area (Å²) in [5, 5.41) is 0. The zero-order valence-electron chi connectivity index (χ0n) is 15.2. The number of amides is 1. The minimum atomic E-state index is -0.750. The molecule has 0 bridgehead atoms. The van der Waals surface area contributed by atoms with Gasteiger partial charge in [0.1, 0.15) is 11.6 Å². The number of likely N-dealkylation sites (tertiary alicyclic amines) is 1. The Labute approximate surface area is 161 Å². The number of carbonyl (C=O) groups is 1. The number of rotatable bonds is 3.